The van der Waals surface area contributed by atoms with Crippen LogP contribution in [0.5, 0.6) is 0 Å². The molecule has 0 saturated heterocycles. The molecule has 152 valence electrons. The summed E-state index contributed by atoms with van der Waals surface area (Å²) in [4.78, 5) is 15.3. The number of oxazole rings is 1. The van der Waals surface area contributed by atoms with Crippen LogP contribution in [-0.2, 0) is 11.2 Å². The maximum Gasteiger partial charge on any atom is 0.313 e. The van der Waals surface area contributed by atoms with Gasteiger partial charge in [0, 0.05) is 16.9 Å². The van der Waals surface area contributed by atoms with Crippen molar-refractivity contribution < 1.29 is 18.7 Å². The molecule has 3 rings (SSSR count). The fourth-order valence-electron chi connectivity index (χ4n) is 3.46. The molecule has 1 aliphatic rings. The molecule has 0 amide bonds. The molecule has 0 spiro atoms. The molecule has 5 nitrogen and oxygen atoms in total. The first-order valence-corrected chi connectivity index (χ1v) is 12.0. The van der Waals surface area contributed by atoms with Gasteiger partial charge in [-0.3, -0.25) is 4.79 Å². The van der Waals surface area contributed by atoms with E-state index in [-0.39, 0.29) is 5.75 Å². The number of rotatable bonds is 9. The minimum atomic E-state index is -0.793. The fraction of sp³-hybridized carbons (Fsp3) is 0.524. The highest BCUT2D eigenvalue weighted by molar-refractivity contribution is 8.00. The second kappa shape index (κ2) is 10.3. The van der Waals surface area contributed by atoms with Crippen LogP contribution in [0.3, 0.4) is 0 Å². The predicted molar refractivity (Wildman–Crippen MR) is 115 cm³/mol. The van der Waals surface area contributed by atoms with Gasteiger partial charge < -0.3 is 13.9 Å². The molecule has 0 atom stereocenters. The summed E-state index contributed by atoms with van der Waals surface area (Å²) in [5.41, 5.74) is 0.948. The average Bonchev–Trinajstić information content (AvgIpc) is 3.28. The summed E-state index contributed by atoms with van der Waals surface area (Å²) in [5, 5.41) is 9.41. The van der Waals surface area contributed by atoms with Gasteiger partial charge in [0.2, 0.25) is 0 Å². The molecule has 7 heteroatoms. The van der Waals surface area contributed by atoms with Crippen molar-refractivity contribution in [3.05, 3.63) is 47.1 Å². The van der Waals surface area contributed by atoms with Gasteiger partial charge in [0.25, 0.3) is 0 Å². The van der Waals surface area contributed by atoms with E-state index in [9.17, 15) is 4.79 Å². The van der Waals surface area contributed by atoms with Crippen molar-refractivity contribution in [3.63, 3.8) is 0 Å². The van der Waals surface area contributed by atoms with E-state index in [0.29, 0.717) is 18.1 Å². The smallest absolute Gasteiger partial charge is 0.313 e. The van der Waals surface area contributed by atoms with Gasteiger partial charge in [-0.25, -0.2) is 4.98 Å². The number of aromatic nitrogens is 1. The maximum absolute atomic E-state index is 10.5. The van der Waals surface area contributed by atoms with Gasteiger partial charge in [-0.15, -0.1) is 11.8 Å². The molecule has 0 aromatic carbocycles. The van der Waals surface area contributed by atoms with Crippen molar-refractivity contribution >= 4 is 35.6 Å². The van der Waals surface area contributed by atoms with Crippen LogP contribution in [-0.4, -0.2) is 39.1 Å². The molecule has 0 radical (unpaired) electrons. The Morgan fingerprint density at radius 1 is 1.29 bits per heavy atom. The van der Waals surface area contributed by atoms with E-state index in [2.05, 4.69) is 6.26 Å². The fourth-order valence-corrected chi connectivity index (χ4v) is 4.73. The Morgan fingerprint density at radius 3 is 2.79 bits per heavy atom. The molecule has 2 heterocycles. The van der Waals surface area contributed by atoms with Gasteiger partial charge in [-0.1, -0.05) is 6.08 Å². The van der Waals surface area contributed by atoms with Crippen molar-refractivity contribution in [2.24, 2.45) is 0 Å². The van der Waals surface area contributed by atoms with Gasteiger partial charge >= 0.3 is 5.97 Å². The largest absolute Gasteiger partial charge is 0.481 e. The van der Waals surface area contributed by atoms with Gasteiger partial charge in [0.05, 0.1) is 17.9 Å². The molecule has 2 aromatic rings. The molecule has 2 aromatic heterocycles. The molecule has 1 saturated carbocycles. The van der Waals surface area contributed by atoms with Gasteiger partial charge in [-0.2, -0.15) is 11.8 Å². The van der Waals surface area contributed by atoms with Crippen LogP contribution in [0.4, 0.5) is 0 Å². The highest BCUT2D eigenvalue weighted by Gasteiger charge is 2.26. The molecular weight excluding hydrogens is 394 g/mol. The molecule has 1 aliphatic carbocycles. The summed E-state index contributed by atoms with van der Waals surface area (Å²) in [6, 6.07) is 3.88. The summed E-state index contributed by atoms with van der Waals surface area (Å²) in [5.74, 6) is 3.78. The van der Waals surface area contributed by atoms with Crippen molar-refractivity contribution in [2.45, 2.75) is 50.2 Å². The van der Waals surface area contributed by atoms with Crippen LogP contribution in [0.25, 0.3) is 6.08 Å². The number of aryl methyl sites for hydroxylation is 1. The summed E-state index contributed by atoms with van der Waals surface area (Å²) in [6.45, 7) is 1.97. The molecule has 0 unspecified atom stereocenters. The first kappa shape index (κ1) is 21.1. The minimum Gasteiger partial charge on any atom is -0.481 e. The van der Waals surface area contributed by atoms with E-state index in [1.807, 2.05) is 43.0 Å². The van der Waals surface area contributed by atoms with Crippen molar-refractivity contribution in [2.75, 3.05) is 17.8 Å². The lowest BCUT2D eigenvalue weighted by atomic mass is 9.89. The predicted octanol–water partition coefficient (Wildman–Crippen LogP) is 5.39. The average molecular weight is 422 g/mol. The van der Waals surface area contributed by atoms with E-state index >= 15 is 0 Å². The number of nitrogens with zero attached hydrogens (tertiary/aromatic N) is 1. The lowest BCUT2D eigenvalue weighted by molar-refractivity contribution is -0.133. The zero-order valence-corrected chi connectivity index (χ0v) is 18.0. The van der Waals surface area contributed by atoms with Crippen LogP contribution < -0.4 is 0 Å². The number of carboxylic acid groups (broad SMARTS) is 1. The minimum absolute atomic E-state index is 0.112. The Balaban J connectivity index is 1.54. The molecule has 0 bridgehead atoms. The third-order valence-corrected chi connectivity index (χ3v) is 7.03. The topological polar surface area (TPSA) is 76.5 Å². The highest BCUT2D eigenvalue weighted by atomic mass is 32.2. The van der Waals surface area contributed by atoms with Gasteiger partial charge in [-0.05, 0) is 57.1 Å². The normalized spacial score (nSPS) is 20.1. The molecule has 28 heavy (non-hydrogen) atoms. The van der Waals surface area contributed by atoms with Gasteiger partial charge in [0.15, 0.2) is 5.89 Å². The Morgan fingerprint density at radius 2 is 2.07 bits per heavy atom. The number of hydrogen-bond donors (Lipinski definition) is 1. The summed E-state index contributed by atoms with van der Waals surface area (Å²) in [7, 11) is 0. The SMILES string of the molecule is CSC1CCC(c2nc(Cc3ccc(/C=C/CSCC(=O)O)o3)c(C)o2)CC1. The number of furan rings is 1. The quantitative estimate of drug-likeness (QED) is 0.544. The third-order valence-electron chi connectivity index (χ3n) is 5.01. The number of hydrogen-bond acceptors (Lipinski definition) is 6. The number of aliphatic carboxylic acids is 1. The molecular formula is C21H27NO4S2. The van der Waals surface area contributed by atoms with Crippen LogP contribution in [0, 0.1) is 6.92 Å². The van der Waals surface area contributed by atoms with E-state index < -0.39 is 5.97 Å². The number of carbonyl (C=O) groups is 1. The molecule has 0 aliphatic heterocycles. The Kier molecular flexibility index (Phi) is 7.73. The lowest BCUT2D eigenvalue weighted by Gasteiger charge is -2.25. The summed E-state index contributed by atoms with van der Waals surface area (Å²) in [6.07, 6.45) is 11.4. The Hall–Kier alpha value is -1.60. The maximum atomic E-state index is 10.5. The second-order valence-corrected chi connectivity index (χ2v) is 9.22. The Bertz CT molecular complexity index is 803. The van der Waals surface area contributed by atoms with Crippen molar-refractivity contribution in [1.82, 2.24) is 4.98 Å². The van der Waals surface area contributed by atoms with E-state index in [1.165, 1.54) is 24.6 Å². The van der Waals surface area contributed by atoms with Gasteiger partial charge in [0.1, 0.15) is 17.3 Å². The molecule has 1 N–H and O–H groups in total. The Labute approximate surface area is 174 Å². The van der Waals surface area contributed by atoms with Crippen molar-refractivity contribution in [1.29, 1.82) is 0 Å². The third kappa shape index (κ3) is 5.95. The van der Waals surface area contributed by atoms with Crippen LogP contribution in [0.2, 0.25) is 0 Å². The standard InChI is InChI=1S/C21H27NO4S2/c1-14-19(22-21(25-14)15-5-9-18(27-2)10-6-15)12-17-8-7-16(26-17)4-3-11-28-13-20(23)24/h3-4,7-8,15,18H,5-6,9-13H2,1-2H3,(H,23,24)/b4-3+. The number of thioether (sulfide) groups is 2. The number of carboxylic acids is 1. The van der Waals surface area contributed by atoms with E-state index in [1.54, 1.807) is 0 Å². The zero-order chi connectivity index (χ0) is 19.9. The first-order chi connectivity index (χ1) is 13.5. The summed E-state index contributed by atoms with van der Waals surface area (Å²) < 4.78 is 11.8. The monoisotopic (exact) mass is 421 g/mol. The highest BCUT2D eigenvalue weighted by Crippen LogP contribution is 2.37. The molecule has 1 fully saturated rings. The van der Waals surface area contributed by atoms with Crippen molar-refractivity contribution in [3.8, 4) is 0 Å². The lowest BCUT2D eigenvalue weighted by Crippen LogP contribution is -2.14. The van der Waals surface area contributed by atoms with E-state index in [0.717, 1.165) is 47.0 Å². The summed E-state index contributed by atoms with van der Waals surface area (Å²) >= 11 is 3.33. The zero-order valence-electron chi connectivity index (χ0n) is 16.3. The van der Waals surface area contributed by atoms with E-state index in [4.69, 9.17) is 18.9 Å². The van der Waals surface area contributed by atoms with Crippen LogP contribution in [0.15, 0.2) is 27.0 Å². The van der Waals surface area contributed by atoms with Crippen LogP contribution >= 0.6 is 23.5 Å². The first-order valence-electron chi connectivity index (χ1n) is 9.59. The second-order valence-electron chi connectivity index (χ2n) is 7.06. The van der Waals surface area contributed by atoms with Crippen LogP contribution in [0.1, 0.15) is 60.5 Å².